The summed E-state index contributed by atoms with van der Waals surface area (Å²) >= 11 is 0. The van der Waals surface area contributed by atoms with Crippen molar-refractivity contribution >= 4 is 17.3 Å². The molecule has 0 heterocycles. The first kappa shape index (κ1) is 14.4. The second-order valence-electron chi connectivity index (χ2n) is 5.18. The van der Waals surface area contributed by atoms with Gasteiger partial charge in [0.15, 0.2) is 0 Å². The minimum absolute atomic E-state index is 0.338. The summed E-state index contributed by atoms with van der Waals surface area (Å²) in [6, 6.07) is 18.9. The average Bonchev–Trinajstić information content (AvgIpc) is 2.58. The normalized spacial score (nSPS) is 19.3. The molecule has 1 atom stereocenters. The van der Waals surface area contributed by atoms with E-state index in [0.29, 0.717) is 18.8 Å². The van der Waals surface area contributed by atoms with Crippen LogP contribution in [0.2, 0.25) is 0 Å². The highest BCUT2D eigenvalue weighted by atomic mass is 16.2. The number of rotatable bonds is 5. The fourth-order valence-electron chi connectivity index (χ4n) is 2.36. The Labute approximate surface area is 128 Å². The first-order valence-electron chi connectivity index (χ1n) is 7.20. The minimum atomic E-state index is -0.573. The van der Waals surface area contributed by atoms with Gasteiger partial charge in [0.2, 0.25) is 11.6 Å². The van der Waals surface area contributed by atoms with E-state index in [0.717, 1.165) is 11.1 Å². The Balaban J connectivity index is 1.65. The number of Topliss-reactive ketones (excluding diaryl/α,β-unsaturated/α-hetero) is 2. The van der Waals surface area contributed by atoms with Crippen LogP contribution in [-0.2, 0) is 22.7 Å². The van der Waals surface area contributed by atoms with E-state index in [1.807, 2.05) is 60.7 Å². The molecular weight excluding hydrogens is 276 g/mol. The van der Waals surface area contributed by atoms with Gasteiger partial charge in [-0.1, -0.05) is 60.7 Å². The molecule has 1 fully saturated rings. The van der Waals surface area contributed by atoms with Gasteiger partial charge in [0.1, 0.15) is 11.8 Å². The van der Waals surface area contributed by atoms with Crippen molar-refractivity contribution in [2.75, 3.05) is 0 Å². The smallest absolute Gasteiger partial charge is 0.246 e. The summed E-state index contributed by atoms with van der Waals surface area (Å²) in [5, 5.41) is 3.10. The van der Waals surface area contributed by atoms with E-state index < -0.39 is 17.6 Å². The minimum Gasteiger partial charge on any atom is -0.298 e. The number of hydrogen-bond donors (Lipinski definition) is 1. The zero-order valence-corrected chi connectivity index (χ0v) is 12.0. The van der Waals surface area contributed by atoms with Crippen LogP contribution in [-0.4, -0.2) is 23.3 Å². The Hall–Kier alpha value is -2.59. The van der Waals surface area contributed by atoms with Crippen LogP contribution in [0.1, 0.15) is 11.1 Å². The zero-order chi connectivity index (χ0) is 15.4. The summed E-state index contributed by atoms with van der Waals surface area (Å²) < 4.78 is 0. The van der Waals surface area contributed by atoms with Crippen LogP contribution in [0.5, 0.6) is 0 Å². The predicted molar refractivity (Wildman–Crippen MR) is 84.7 cm³/mol. The topological polar surface area (TPSA) is 58.5 Å². The summed E-state index contributed by atoms with van der Waals surface area (Å²) in [6.45, 7) is 0.952. The lowest BCUT2D eigenvalue weighted by atomic mass is 9.86. The lowest BCUT2D eigenvalue weighted by Crippen LogP contribution is -2.61. The lowest BCUT2D eigenvalue weighted by Gasteiger charge is -2.26. The number of nitrogens with zero attached hydrogens (tertiary/aromatic N) is 1. The molecule has 0 unspecified atom stereocenters. The van der Waals surface area contributed by atoms with Gasteiger partial charge in [-0.2, -0.15) is 0 Å². The van der Waals surface area contributed by atoms with Crippen molar-refractivity contribution < 1.29 is 9.59 Å². The maximum absolute atomic E-state index is 11.7. The van der Waals surface area contributed by atoms with Crippen LogP contribution in [0.4, 0.5) is 0 Å². The molecule has 2 aromatic carbocycles. The van der Waals surface area contributed by atoms with E-state index in [1.165, 1.54) is 0 Å². The molecule has 3 rings (SSSR count). The molecule has 1 saturated carbocycles. The number of ketones is 2. The van der Waals surface area contributed by atoms with Crippen molar-refractivity contribution in [1.82, 2.24) is 5.32 Å². The maximum Gasteiger partial charge on any atom is 0.246 e. The van der Waals surface area contributed by atoms with Crippen LogP contribution < -0.4 is 5.32 Å². The van der Waals surface area contributed by atoms with Crippen molar-refractivity contribution in [2.45, 2.75) is 19.1 Å². The van der Waals surface area contributed by atoms with E-state index in [-0.39, 0.29) is 0 Å². The van der Waals surface area contributed by atoms with Crippen molar-refractivity contribution in [3.8, 4) is 0 Å². The monoisotopic (exact) mass is 292 g/mol. The van der Waals surface area contributed by atoms with E-state index in [4.69, 9.17) is 0 Å². The highest BCUT2D eigenvalue weighted by molar-refractivity contribution is 6.80. The molecule has 0 spiro atoms. The third kappa shape index (κ3) is 3.02. The third-order valence-corrected chi connectivity index (χ3v) is 3.62. The molecule has 4 nitrogen and oxygen atoms in total. The molecule has 22 heavy (non-hydrogen) atoms. The summed E-state index contributed by atoms with van der Waals surface area (Å²) in [7, 11) is 0. The van der Waals surface area contributed by atoms with Crippen molar-refractivity contribution in [3.05, 3.63) is 71.8 Å². The number of benzene rings is 2. The molecule has 0 bridgehead atoms. The zero-order valence-electron chi connectivity index (χ0n) is 12.0. The predicted octanol–water partition coefficient (Wildman–Crippen LogP) is 1.94. The Kier molecular flexibility index (Phi) is 4.21. The first-order chi connectivity index (χ1) is 10.8. The van der Waals surface area contributed by atoms with Gasteiger partial charge in [0.05, 0.1) is 6.54 Å². The van der Waals surface area contributed by atoms with Gasteiger partial charge in [-0.3, -0.25) is 19.9 Å². The molecular formula is C18H16N2O2. The second-order valence-corrected chi connectivity index (χ2v) is 5.18. The fraction of sp³-hybridized carbons (Fsp3) is 0.167. The van der Waals surface area contributed by atoms with Crippen molar-refractivity contribution in [1.29, 1.82) is 0 Å². The number of nitrogens with one attached hydrogen (secondary N) is 1. The second kappa shape index (κ2) is 6.45. The molecule has 110 valence electrons. The van der Waals surface area contributed by atoms with Gasteiger partial charge < -0.3 is 0 Å². The average molecular weight is 292 g/mol. The molecule has 0 radical (unpaired) electrons. The fourth-order valence-corrected chi connectivity index (χ4v) is 2.36. The van der Waals surface area contributed by atoms with Gasteiger partial charge in [0.25, 0.3) is 0 Å². The van der Waals surface area contributed by atoms with Gasteiger partial charge >= 0.3 is 0 Å². The van der Waals surface area contributed by atoms with Crippen LogP contribution in [0, 0.1) is 0 Å². The molecule has 0 saturated heterocycles. The number of carbonyl (C=O) groups excluding carboxylic acids is 2. The largest absolute Gasteiger partial charge is 0.298 e. The van der Waals surface area contributed by atoms with E-state index in [2.05, 4.69) is 10.3 Å². The highest BCUT2D eigenvalue weighted by Gasteiger charge is 2.45. The summed E-state index contributed by atoms with van der Waals surface area (Å²) in [4.78, 5) is 27.7. The van der Waals surface area contributed by atoms with E-state index in [1.54, 1.807) is 0 Å². The summed E-state index contributed by atoms with van der Waals surface area (Å²) in [6.07, 6.45) is 0. The molecule has 1 aliphatic carbocycles. The molecule has 1 aliphatic rings. The quantitative estimate of drug-likeness (QED) is 0.857. The first-order valence-corrected chi connectivity index (χ1v) is 7.20. The van der Waals surface area contributed by atoms with Crippen molar-refractivity contribution in [3.63, 3.8) is 0 Å². The summed E-state index contributed by atoms with van der Waals surface area (Å²) in [5.41, 5.74) is 2.42. The lowest BCUT2D eigenvalue weighted by molar-refractivity contribution is -0.136. The third-order valence-electron chi connectivity index (χ3n) is 3.62. The van der Waals surface area contributed by atoms with Crippen LogP contribution in [0.15, 0.2) is 65.7 Å². The summed E-state index contributed by atoms with van der Waals surface area (Å²) in [5.74, 6) is -0.871. The van der Waals surface area contributed by atoms with Gasteiger partial charge in [0, 0.05) is 6.54 Å². The Morgan fingerprint density at radius 2 is 1.45 bits per heavy atom. The SMILES string of the molecule is O=C1C(=O)[C@H](NCc2ccccc2)C1=NCc1ccccc1. The molecule has 0 aliphatic heterocycles. The maximum atomic E-state index is 11.7. The molecule has 2 aromatic rings. The Bertz CT molecular complexity index is 708. The standard InChI is InChI=1S/C18H16N2O2/c21-17-15(19-11-13-7-3-1-4-8-13)16(18(17)22)20-12-14-9-5-2-6-10-14/h1-10,15,19H,11-12H2/t15-/m1/s1. The molecule has 1 N–H and O–H groups in total. The van der Waals surface area contributed by atoms with Gasteiger partial charge in [-0.25, -0.2) is 0 Å². The number of aliphatic imine (C=N–C) groups is 1. The molecule has 0 amide bonds. The number of hydrogen-bond acceptors (Lipinski definition) is 4. The van der Waals surface area contributed by atoms with Gasteiger partial charge in [-0.15, -0.1) is 0 Å². The van der Waals surface area contributed by atoms with Crippen LogP contribution in [0.3, 0.4) is 0 Å². The molecule has 0 aromatic heterocycles. The van der Waals surface area contributed by atoms with Crippen LogP contribution >= 0.6 is 0 Å². The highest BCUT2D eigenvalue weighted by Crippen LogP contribution is 2.12. The Morgan fingerprint density at radius 1 is 0.864 bits per heavy atom. The van der Waals surface area contributed by atoms with Gasteiger partial charge in [-0.05, 0) is 11.1 Å². The molecule has 4 heteroatoms. The number of carbonyl (C=O) groups is 2. The van der Waals surface area contributed by atoms with Crippen LogP contribution in [0.25, 0.3) is 0 Å². The Morgan fingerprint density at radius 3 is 2.09 bits per heavy atom. The van der Waals surface area contributed by atoms with Crippen molar-refractivity contribution in [2.24, 2.45) is 4.99 Å². The van der Waals surface area contributed by atoms with E-state index in [9.17, 15) is 9.59 Å². The van der Waals surface area contributed by atoms with E-state index >= 15 is 0 Å².